The number of nitrogens with zero attached hydrogens (tertiary/aromatic N) is 3. The van der Waals surface area contributed by atoms with E-state index in [2.05, 4.69) is 10.3 Å². The number of nitrogens with one attached hydrogen (secondary N) is 1. The van der Waals surface area contributed by atoms with Crippen LogP contribution in [0.15, 0.2) is 78.1 Å². The van der Waals surface area contributed by atoms with E-state index < -0.39 is 29.5 Å². The molecule has 192 valence electrons. The SMILES string of the molecule is O=C(NC1CCCCC1)C(c1ccccc1F)N(C(=O)CN1C=CC2=NC=CCC21)c1cccc(F)c1. The predicted octanol–water partition coefficient (Wildman–Crippen LogP) is 5.04. The average molecular weight is 505 g/mol. The average Bonchev–Trinajstić information content (AvgIpc) is 3.31. The number of carbonyl (C=O) groups is 2. The first-order valence-corrected chi connectivity index (χ1v) is 12.8. The van der Waals surface area contributed by atoms with Gasteiger partial charge in [0.1, 0.15) is 17.7 Å². The van der Waals surface area contributed by atoms with Crippen LogP contribution in [-0.4, -0.2) is 41.1 Å². The van der Waals surface area contributed by atoms with Gasteiger partial charge in [-0.3, -0.25) is 19.5 Å². The summed E-state index contributed by atoms with van der Waals surface area (Å²) in [6.45, 7) is -0.0772. The second-order valence-electron chi connectivity index (χ2n) is 9.69. The van der Waals surface area contributed by atoms with Gasteiger partial charge in [-0.05, 0) is 49.6 Å². The topological polar surface area (TPSA) is 65.0 Å². The van der Waals surface area contributed by atoms with Crippen molar-refractivity contribution in [1.29, 1.82) is 0 Å². The molecule has 0 saturated heterocycles. The summed E-state index contributed by atoms with van der Waals surface area (Å²) >= 11 is 0. The zero-order valence-electron chi connectivity index (χ0n) is 20.5. The molecule has 1 aliphatic carbocycles. The van der Waals surface area contributed by atoms with E-state index in [1.807, 2.05) is 17.1 Å². The zero-order chi connectivity index (χ0) is 25.8. The third-order valence-corrected chi connectivity index (χ3v) is 7.20. The molecule has 37 heavy (non-hydrogen) atoms. The summed E-state index contributed by atoms with van der Waals surface area (Å²) in [5.41, 5.74) is 1.11. The molecule has 3 aliphatic rings. The Labute approximate surface area is 215 Å². The van der Waals surface area contributed by atoms with E-state index in [0.29, 0.717) is 6.42 Å². The molecule has 1 fully saturated rings. The number of amides is 2. The maximum absolute atomic E-state index is 15.2. The van der Waals surface area contributed by atoms with Crippen molar-refractivity contribution in [2.75, 3.05) is 11.4 Å². The van der Waals surface area contributed by atoms with Gasteiger partial charge in [-0.1, -0.05) is 49.6 Å². The van der Waals surface area contributed by atoms with Gasteiger partial charge in [0.05, 0.1) is 18.3 Å². The highest BCUT2D eigenvalue weighted by molar-refractivity contribution is 6.05. The lowest BCUT2D eigenvalue weighted by Gasteiger charge is -2.35. The second kappa shape index (κ2) is 11.1. The van der Waals surface area contributed by atoms with Crippen LogP contribution in [0.1, 0.15) is 50.1 Å². The van der Waals surface area contributed by atoms with Gasteiger partial charge >= 0.3 is 0 Å². The zero-order valence-corrected chi connectivity index (χ0v) is 20.5. The molecule has 2 aromatic carbocycles. The molecule has 2 amide bonds. The second-order valence-corrected chi connectivity index (χ2v) is 9.69. The Morgan fingerprint density at radius 2 is 1.89 bits per heavy atom. The first-order chi connectivity index (χ1) is 18.0. The van der Waals surface area contributed by atoms with Crippen molar-refractivity contribution in [1.82, 2.24) is 10.2 Å². The molecule has 0 spiro atoms. The number of anilines is 1. The first kappa shape index (κ1) is 24.9. The van der Waals surface area contributed by atoms with Gasteiger partial charge in [0, 0.05) is 29.7 Å². The highest BCUT2D eigenvalue weighted by Crippen LogP contribution is 2.32. The van der Waals surface area contributed by atoms with E-state index in [0.717, 1.165) is 37.8 Å². The molecule has 1 saturated carbocycles. The lowest BCUT2D eigenvalue weighted by molar-refractivity contribution is -0.127. The molecule has 2 unspecified atom stereocenters. The normalized spacial score (nSPS) is 19.8. The summed E-state index contributed by atoms with van der Waals surface area (Å²) < 4.78 is 29.6. The number of halogens is 2. The van der Waals surface area contributed by atoms with Crippen LogP contribution in [0.25, 0.3) is 0 Å². The Morgan fingerprint density at radius 3 is 2.68 bits per heavy atom. The van der Waals surface area contributed by atoms with E-state index in [4.69, 9.17) is 0 Å². The molecular weight excluding hydrogens is 474 g/mol. The molecule has 0 aromatic heterocycles. The maximum Gasteiger partial charge on any atom is 0.248 e. The van der Waals surface area contributed by atoms with Crippen LogP contribution in [0.2, 0.25) is 0 Å². The van der Waals surface area contributed by atoms with Gasteiger partial charge in [-0.25, -0.2) is 8.78 Å². The fourth-order valence-corrected chi connectivity index (χ4v) is 5.35. The Hall–Kier alpha value is -3.81. The van der Waals surface area contributed by atoms with Gasteiger partial charge in [0.15, 0.2) is 0 Å². The number of rotatable bonds is 7. The molecule has 2 aliphatic heterocycles. The lowest BCUT2D eigenvalue weighted by atomic mass is 9.94. The largest absolute Gasteiger partial charge is 0.359 e. The van der Waals surface area contributed by atoms with Crippen LogP contribution >= 0.6 is 0 Å². The minimum absolute atomic E-state index is 0.0469. The van der Waals surface area contributed by atoms with Crippen LogP contribution in [0.3, 0.4) is 0 Å². The molecule has 2 atom stereocenters. The molecular formula is C29H30F2N4O2. The minimum Gasteiger partial charge on any atom is -0.359 e. The highest BCUT2D eigenvalue weighted by atomic mass is 19.1. The molecule has 2 aromatic rings. The summed E-state index contributed by atoms with van der Waals surface area (Å²) in [6.07, 6.45) is 12.8. The number of benzene rings is 2. The predicted molar refractivity (Wildman–Crippen MR) is 139 cm³/mol. The van der Waals surface area contributed by atoms with E-state index in [1.54, 1.807) is 24.5 Å². The van der Waals surface area contributed by atoms with Crippen molar-refractivity contribution in [3.8, 4) is 0 Å². The number of hydrogen-bond acceptors (Lipinski definition) is 4. The van der Waals surface area contributed by atoms with Crippen molar-refractivity contribution < 1.29 is 18.4 Å². The van der Waals surface area contributed by atoms with Crippen LogP contribution in [-0.2, 0) is 9.59 Å². The van der Waals surface area contributed by atoms with Gasteiger partial charge < -0.3 is 10.2 Å². The van der Waals surface area contributed by atoms with Crippen LogP contribution in [0, 0.1) is 11.6 Å². The van der Waals surface area contributed by atoms with Crippen molar-refractivity contribution in [2.24, 2.45) is 4.99 Å². The summed E-state index contributed by atoms with van der Waals surface area (Å²) in [6, 6.07) is 10.0. The van der Waals surface area contributed by atoms with Crippen molar-refractivity contribution in [3.05, 3.63) is 90.3 Å². The van der Waals surface area contributed by atoms with Gasteiger partial charge in [-0.15, -0.1) is 0 Å². The Balaban J connectivity index is 1.52. The molecule has 0 bridgehead atoms. The minimum atomic E-state index is -1.30. The highest BCUT2D eigenvalue weighted by Gasteiger charge is 2.37. The lowest BCUT2D eigenvalue weighted by Crippen LogP contribution is -2.50. The maximum atomic E-state index is 15.2. The fraction of sp³-hybridized carbons (Fsp3) is 0.345. The Morgan fingerprint density at radius 1 is 1.08 bits per heavy atom. The summed E-state index contributed by atoms with van der Waals surface area (Å²) in [5.74, 6) is -2.08. The van der Waals surface area contributed by atoms with E-state index in [1.165, 1.54) is 41.3 Å². The van der Waals surface area contributed by atoms with Gasteiger partial charge in [0.25, 0.3) is 0 Å². The summed E-state index contributed by atoms with van der Waals surface area (Å²) in [5, 5.41) is 3.05. The summed E-state index contributed by atoms with van der Waals surface area (Å²) in [4.78, 5) is 35.3. The molecule has 0 radical (unpaired) electrons. The smallest absolute Gasteiger partial charge is 0.248 e. The Kier molecular flexibility index (Phi) is 7.44. The van der Waals surface area contributed by atoms with Crippen molar-refractivity contribution in [2.45, 2.75) is 56.7 Å². The van der Waals surface area contributed by atoms with Crippen molar-refractivity contribution in [3.63, 3.8) is 0 Å². The van der Waals surface area contributed by atoms with Gasteiger partial charge in [0.2, 0.25) is 11.8 Å². The number of hydrogen-bond donors (Lipinski definition) is 1. The third-order valence-electron chi connectivity index (χ3n) is 7.20. The number of fused-ring (bicyclic) bond motifs is 1. The molecule has 8 heteroatoms. The fourth-order valence-electron chi connectivity index (χ4n) is 5.35. The standard InChI is InChI=1S/C29H30F2N4O2/c30-20-8-6-11-22(18-20)35(27(36)19-34-17-15-25-26(34)14-7-16-32-25)28(23-12-4-5-13-24(23)31)29(37)33-21-9-2-1-3-10-21/h4-8,11-13,15-18,21,26,28H,1-3,9-10,14,19H2,(H,33,37). The van der Waals surface area contributed by atoms with Crippen LogP contribution in [0.4, 0.5) is 14.5 Å². The third kappa shape index (κ3) is 5.48. The van der Waals surface area contributed by atoms with E-state index >= 15 is 4.39 Å². The summed E-state index contributed by atoms with van der Waals surface area (Å²) in [7, 11) is 0. The van der Waals surface area contributed by atoms with Crippen molar-refractivity contribution >= 4 is 23.2 Å². The molecule has 5 rings (SSSR count). The van der Waals surface area contributed by atoms with E-state index in [-0.39, 0.29) is 29.9 Å². The van der Waals surface area contributed by atoms with Gasteiger partial charge in [-0.2, -0.15) is 0 Å². The number of carbonyl (C=O) groups excluding carboxylic acids is 2. The van der Waals surface area contributed by atoms with Crippen LogP contribution < -0.4 is 10.2 Å². The molecule has 6 nitrogen and oxygen atoms in total. The monoisotopic (exact) mass is 504 g/mol. The quantitative estimate of drug-likeness (QED) is 0.574. The molecule has 1 N–H and O–H groups in total. The Bertz CT molecular complexity index is 1250. The first-order valence-electron chi connectivity index (χ1n) is 12.8. The number of aliphatic imine (C=N–C) groups is 1. The van der Waals surface area contributed by atoms with E-state index in [9.17, 15) is 14.0 Å². The van der Waals surface area contributed by atoms with Crippen LogP contribution in [0.5, 0.6) is 0 Å². The molecule has 2 heterocycles.